The van der Waals surface area contributed by atoms with Gasteiger partial charge in [-0.05, 0) is 31.2 Å². The molecule has 0 bridgehead atoms. The van der Waals surface area contributed by atoms with Crippen LogP contribution in [0, 0.1) is 12.7 Å². The van der Waals surface area contributed by atoms with E-state index in [1.165, 1.54) is 31.4 Å². The number of aromatic amines is 1. The summed E-state index contributed by atoms with van der Waals surface area (Å²) in [6.45, 7) is 1.64. The Morgan fingerprint density at radius 1 is 1.35 bits per heavy atom. The molecule has 2 rings (SSSR count). The van der Waals surface area contributed by atoms with Crippen LogP contribution in [0.4, 0.5) is 10.2 Å². The van der Waals surface area contributed by atoms with Crippen LogP contribution in [0.15, 0.2) is 29.1 Å². The lowest BCUT2D eigenvalue weighted by Crippen LogP contribution is -2.20. The van der Waals surface area contributed by atoms with Crippen molar-refractivity contribution in [2.24, 2.45) is 0 Å². The molecule has 7 heteroatoms. The molecule has 0 saturated carbocycles. The number of carbonyl (C=O) groups is 1. The van der Waals surface area contributed by atoms with Gasteiger partial charge in [0.05, 0.1) is 12.7 Å². The van der Waals surface area contributed by atoms with Crippen molar-refractivity contribution in [3.63, 3.8) is 0 Å². The van der Waals surface area contributed by atoms with Gasteiger partial charge in [0.2, 0.25) is 5.88 Å². The number of ether oxygens (including phenoxy) is 1. The molecule has 0 aliphatic carbocycles. The SMILES string of the molecule is COc1nc(=O)[nH]c(NC(=O)c2ccc(F)cc2)c1C. The Hall–Kier alpha value is -2.70. The molecule has 2 aromatic rings. The molecule has 2 N–H and O–H groups in total. The molecule has 0 aliphatic rings. The fourth-order valence-corrected chi connectivity index (χ4v) is 1.62. The molecule has 1 aromatic carbocycles. The van der Waals surface area contributed by atoms with E-state index < -0.39 is 17.4 Å². The van der Waals surface area contributed by atoms with Crippen LogP contribution in [0.5, 0.6) is 5.88 Å². The normalized spacial score (nSPS) is 10.2. The highest BCUT2D eigenvalue weighted by molar-refractivity contribution is 6.04. The Kier molecular flexibility index (Phi) is 3.79. The highest BCUT2D eigenvalue weighted by Crippen LogP contribution is 2.19. The maximum absolute atomic E-state index is 12.8. The zero-order valence-electron chi connectivity index (χ0n) is 10.9. The maximum atomic E-state index is 12.8. The van der Waals surface area contributed by atoms with E-state index >= 15 is 0 Å². The van der Waals surface area contributed by atoms with E-state index in [1.807, 2.05) is 0 Å². The molecule has 0 aliphatic heterocycles. The number of halogens is 1. The third-order valence-corrected chi connectivity index (χ3v) is 2.67. The first-order valence-corrected chi connectivity index (χ1v) is 5.73. The zero-order valence-corrected chi connectivity index (χ0v) is 10.9. The molecule has 6 nitrogen and oxygen atoms in total. The predicted molar refractivity (Wildman–Crippen MR) is 70.5 cm³/mol. The summed E-state index contributed by atoms with van der Waals surface area (Å²) in [6, 6.07) is 5.04. The summed E-state index contributed by atoms with van der Waals surface area (Å²) >= 11 is 0. The van der Waals surface area contributed by atoms with E-state index in [0.29, 0.717) is 5.56 Å². The number of hydrogen-bond donors (Lipinski definition) is 2. The van der Waals surface area contributed by atoms with Crippen LogP contribution < -0.4 is 15.7 Å². The van der Waals surface area contributed by atoms with Gasteiger partial charge in [-0.2, -0.15) is 4.98 Å². The van der Waals surface area contributed by atoms with E-state index in [-0.39, 0.29) is 17.3 Å². The Labute approximate surface area is 113 Å². The van der Waals surface area contributed by atoms with Crippen LogP contribution in [-0.2, 0) is 0 Å². The molecule has 0 radical (unpaired) electrons. The fourth-order valence-electron chi connectivity index (χ4n) is 1.62. The van der Waals surface area contributed by atoms with Gasteiger partial charge in [0.15, 0.2) is 0 Å². The average molecular weight is 277 g/mol. The van der Waals surface area contributed by atoms with Crippen LogP contribution in [0.25, 0.3) is 0 Å². The fraction of sp³-hybridized carbons (Fsp3) is 0.154. The lowest BCUT2D eigenvalue weighted by molar-refractivity contribution is 0.102. The number of rotatable bonds is 3. The summed E-state index contributed by atoms with van der Waals surface area (Å²) < 4.78 is 17.7. The van der Waals surface area contributed by atoms with Gasteiger partial charge in [0, 0.05) is 5.56 Å². The molecule has 1 heterocycles. The second-order valence-electron chi connectivity index (χ2n) is 4.01. The van der Waals surface area contributed by atoms with Crippen molar-refractivity contribution >= 4 is 11.7 Å². The third-order valence-electron chi connectivity index (χ3n) is 2.67. The predicted octanol–water partition coefficient (Wildman–Crippen LogP) is 1.48. The molecule has 1 aromatic heterocycles. The monoisotopic (exact) mass is 277 g/mol. The highest BCUT2D eigenvalue weighted by Gasteiger charge is 2.12. The number of nitrogens with zero attached hydrogens (tertiary/aromatic N) is 1. The van der Waals surface area contributed by atoms with Gasteiger partial charge in [-0.3, -0.25) is 9.78 Å². The Bertz CT molecular complexity index is 695. The van der Waals surface area contributed by atoms with Gasteiger partial charge in [-0.25, -0.2) is 9.18 Å². The molecular formula is C13H12FN3O3. The van der Waals surface area contributed by atoms with Crippen molar-refractivity contribution in [3.8, 4) is 5.88 Å². The number of hydrogen-bond acceptors (Lipinski definition) is 4. The van der Waals surface area contributed by atoms with E-state index in [2.05, 4.69) is 15.3 Å². The van der Waals surface area contributed by atoms with Crippen molar-refractivity contribution in [3.05, 3.63) is 51.7 Å². The first kappa shape index (κ1) is 13.7. The number of H-pyrrole nitrogens is 1. The topological polar surface area (TPSA) is 84.1 Å². The van der Waals surface area contributed by atoms with Crippen LogP contribution in [-0.4, -0.2) is 23.0 Å². The minimum atomic E-state index is -0.637. The lowest BCUT2D eigenvalue weighted by atomic mass is 10.2. The number of amides is 1. The quantitative estimate of drug-likeness (QED) is 0.890. The van der Waals surface area contributed by atoms with Gasteiger partial charge in [-0.1, -0.05) is 0 Å². The zero-order chi connectivity index (χ0) is 14.7. The molecule has 1 amide bonds. The van der Waals surface area contributed by atoms with Crippen molar-refractivity contribution in [2.75, 3.05) is 12.4 Å². The number of benzene rings is 1. The van der Waals surface area contributed by atoms with Crippen LogP contribution in [0.1, 0.15) is 15.9 Å². The Morgan fingerprint density at radius 3 is 2.60 bits per heavy atom. The molecular weight excluding hydrogens is 265 g/mol. The maximum Gasteiger partial charge on any atom is 0.349 e. The van der Waals surface area contributed by atoms with Gasteiger partial charge in [0.1, 0.15) is 11.6 Å². The van der Waals surface area contributed by atoms with Crippen LogP contribution >= 0.6 is 0 Å². The van der Waals surface area contributed by atoms with Crippen molar-refractivity contribution in [2.45, 2.75) is 6.92 Å². The van der Waals surface area contributed by atoms with Crippen molar-refractivity contribution < 1.29 is 13.9 Å². The average Bonchev–Trinajstić information content (AvgIpc) is 2.43. The highest BCUT2D eigenvalue weighted by atomic mass is 19.1. The minimum absolute atomic E-state index is 0.128. The van der Waals surface area contributed by atoms with E-state index in [9.17, 15) is 14.0 Å². The van der Waals surface area contributed by atoms with E-state index in [1.54, 1.807) is 6.92 Å². The Morgan fingerprint density at radius 2 is 2.00 bits per heavy atom. The van der Waals surface area contributed by atoms with E-state index in [0.717, 1.165) is 0 Å². The van der Waals surface area contributed by atoms with Gasteiger partial charge < -0.3 is 10.1 Å². The van der Waals surface area contributed by atoms with E-state index in [4.69, 9.17) is 4.74 Å². The van der Waals surface area contributed by atoms with Crippen molar-refractivity contribution in [1.82, 2.24) is 9.97 Å². The van der Waals surface area contributed by atoms with Gasteiger partial charge >= 0.3 is 5.69 Å². The summed E-state index contributed by atoms with van der Waals surface area (Å²) in [5, 5.41) is 2.52. The molecule has 0 unspecified atom stereocenters. The second-order valence-corrected chi connectivity index (χ2v) is 4.01. The molecule has 0 spiro atoms. The number of nitrogens with one attached hydrogen (secondary N) is 2. The standard InChI is InChI=1S/C13H12FN3O3/c1-7-10(16-13(19)17-12(7)20-2)15-11(18)8-3-5-9(14)6-4-8/h3-6H,1-2H3,(H2,15,16,17,18,19). The molecule has 0 fully saturated rings. The molecule has 0 atom stereocenters. The summed E-state index contributed by atoms with van der Waals surface area (Å²) in [5.41, 5.74) is 0.117. The largest absolute Gasteiger partial charge is 0.481 e. The number of methoxy groups -OCH3 is 1. The first-order valence-electron chi connectivity index (χ1n) is 5.73. The number of anilines is 1. The Balaban J connectivity index is 2.30. The summed E-state index contributed by atoms with van der Waals surface area (Å²) in [5.74, 6) is -0.590. The third kappa shape index (κ3) is 2.82. The summed E-state index contributed by atoms with van der Waals surface area (Å²) in [6.07, 6.45) is 0. The van der Waals surface area contributed by atoms with Gasteiger partial charge in [0.25, 0.3) is 5.91 Å². The second kappa shape index (κ2) is 5.52. The first-order chi connectivity index (χ1) is 9.51. The lowest BCUT2D eigenvalue weighted by Gasteiger charge is -2.10. The summed E-state index contributed by atoms with van der Waals surface area (Å²) in [7, 11) is 1.38. The van der Waals surface area contributed by atoms with Crippen molar-refractivity contribution in [1.29, 1.82) is 0 Å². The number of carbonyl (C=O) groups excluding carboxylic acids is 1. The van der Waals surface area contributed by atoms with Crippen LogP contribution in [0.3, 0.4) is 0 Å². The number of aromatic nitrogens is 2. The molecule has 20 heavy (non-hydrogen) atoms. The minimum Gasteiger partial charge on any atom is -0.481 e. The van der Waals surface area contributed by atoms with Crippen LogP contribution in [0.2, 0.25) is 0 Å². The molecule has 0 saturated heterocycles. The van der Waals surface area contributed by atoms with Gasteiger partial charge in [-0.15, -0.1) is 0 Å². The molecule has 104 valence electrons. The summed E-state index contributed by atoms with van der Waals surface area (Å²) in [4.78, 5) is 29.3. The smallest absolute Gasteiger partial charge is 0.349 e.